The molecule has 68 valence electrons. The lowest BCUT2D eigenvalue weighted by Gasteiger charge is -2.24. The molecule has 1 aliphatic rings. The third-order valence-electron chi connectivity index (χ3n) is 1.98. The van der Waals surface area contributed by atoms with Crippen LogP contribution in [0.5, 0.6) is 0 Å². The van der Waals surface area contributed by atoms with Crippen LogP contribution in [0.1, 0.15) is 13.8 Å². The Morgan fingerprint density at radius 1 is 1.67 bits per heavy atom. The van der Waals surface area contributed by atoms with Crippen LogP contribution in [0.4, 0.5) is 0 Å². The van der Waals surface area contributed by atoms with Crippen LogP contribution in [-0.4, -0.2) is 37.4 Å². The van der Waals surface area contributed by atoms with E-state index in [2.05, 4.69) is 35.1 Å². The summed E-state index contributed by atoms with van der Waals surface area (Å²) in [6.45, 7) is 6.20. The van der Waals surface area contributed by atoms with Crippen LogP contribution in [0.15, 0.2) is 16.8 Å². The standard InChI is InChI=1S/C9H17N3/c1-8-6-9(2)12(7-11-8)5-4-10-3/h6-8,10H,4-5H2,1-3H3. The number of nitrogens with zero attached hydrogens (tertiary/aromatic N) is 2. The van der Waals surface area contributed by atoms with Gasteiger partial charge in [0.2, 0.25) is 0 Å². The third kappa shape index (κ3) is 2.34. The van der Waals surface area contributed by atoms with Crippen LogP contribution in [0, 0.1) is 0 Å². The summed E-state index contributed by atoms with van der Waals surface area (Å²) < 4.78 is 0. The highest BCUT2D eigenvalue weighted by atomic mass is 15.2. The summed E-state index contributed by atoms with van der Waals surface area (Å²) in [6, 6.07) is 0.343. The first-order chi connectivity index (χ1) is 5.74. The lowest BCUT2D eigenvalue weighted by atomic mass is 10.2. The van der Waals surface area contributed by atoms with Crippen molar-refractivity contribution in [1.29, 1.82) is 0 Å². The van der Waals surface area contributed by atoms with Gasteiger partial charge in [0.15, 0.2) is 0 Å². The van der Waals surface area contributed by atoms with Gasteiger partial charge in [0, 0.05) is 18.8 Å². The van der Waals surface area contributed by atoms with Gasteiger partial charge in [-0.3, -0.25) is 4.99 Å². The van der Waals surface area contributed by atoms with Crippen LogP contribution in [0.25, 0.3) is 0 Å². The number of hydrogen-bond acceptors (Lipinski definition) is 3. The maximum absolute atomic E-state index is 4.31. The van der Waals surface area contributed by atoms with E-state index in [9.17, 15) is 0 Å². The van der Waals surface area contributed by atoms with Gasteiger partial charge in [-0.2, -0.15) is 0 Å². The zero-order valence-corrected chi connectivity index (χ0v) is 8.04. The van der Waals surface area contributed by atoms with Gasteiger partial charge in [-0.1, -0.05) is 0 Å². The van der Waals surface area contributed by atoms with Gasteiger partial charge < -0.3 is 10.2 Å². The molecule has 1 N–H and O–H groups in total. The monoisotopic (exact) mass is 167 g/mol. The molecule has 1 rings (SSSR count). The van der Waals surface area contributed by atoms with E-state index in [-0.39, 0.29) is 0 Å². The van der Waals surface area contributed by atoms with Gasteiger partial charge in [0.05, 0.1) is 12.4 Å². The van der Waals surface area contributed by atoms with Crippen molar-refractivity contribution in [3.8, 4) is 0 Å². The Bertz CT molecular complexity index is 196. The van der Waals surface area contributed by atoms with E-state index in [1.54, 1.807) is 0 Å². The molecule has 0 amide bonds. The minimum absolute atomic E-state index is 0.343. The number of rotatable bonds is 3. The lowest BCUT2D eigenvalue weighted by molar-refractivity contribution is 0.498. The van der Waals surface area contributed by atoms with E-state index in [1.165, 1.54) is 5.70 Å². The Kier molecular flexibility index (Phi) is 3.29. The number of allylic oxidation sites excluding steroid dienone is 1. The van der Waals surface area contributed by atoms with Crippen LogP contribution in [0.2, 0.25) is 0 Å². The number of likely N-dealkylation sites (N-methyl/N-ethyl adjacent to an activating group) is 1. The normalized spacial score (nSPS) is 22.8. The molecule has 0 aliphatic carbocycles. The summed E-state index contributed by atoms with van der Waals surface area (Å²) in [5, 5.41) is 3.12. The lowest BCUT2D eigenvalue weighted by Crippen LogP contribution is -2.31. The summed E-state index contributed by atoms with van der Waals surface area (Å²) in [4.78, 5) is 6.47. The predicted octanol–water partition coefficient (Wildman–Crippen LogP) is 0.842. The molecule has 12 heavy (non-hydrogen) atoms. The van der Waals surface area contributed by atoms with Crippen molar-refractivity contribution in [2.24, 2.45) is 4.99 Å². The molecular weight excluding hydrogens is 150 g/mol. The minimum Gasteiger partial charge on any atom is -0.336 e. The van der Waals surface area contributed by atoms with Crippen molar-refractivity contribution in [2.45, 2.75) is 19.9 Å². The first kappa shape index (κ1) is 9.26. The summed E-state index contributed by atoms with van der Waals surface area (Å²) in [5.41, 5.74) is 1.30. The summed E-state index contributed by atoms with van der Waals surface area (Å²) in [6.07, 6.45) is 4.10. The average Bonchev–Trinajstić information content (AvgIpc) is 2.03. The molecule has 0 spiro atoms. The quantitative estimate of drug-likeness (QED) is 0.674. The first-order valence-corrected chi connectivity index (χ1v) is 4.37. The molecule has 3 nitrogen and oxygen atoms in total. The smallest absolute Gasteiger partial charge is 0.0899 e. The van der Waals surface area contributed by atoms with Crippen molar-refractivity contribution in [1.82, 2.24) is 10.2 Å². The van der Waals surface area contributed by atoms with Gasteiger partial charge in [-0.05, 0) is 27.0 Å². The molecule has 0 saturated carbocycles. The van der Waals surface area contributed by atoms with Crippen molar-refractivity contribution in [2.75, 3.05) is 20.1 Å². The molecule has 1 unspecified atom stereocenters. The van der Waals surface area contributed by atoms with Crippen LogP contribution in [0.3, 0.4) is 0 Å². The highest BCUT2D eigenvalue weighted by Gasteiger charge is 2.08. The molecule has 0 radical (unpaired) electrons. The molecule has 1 heterocycles. The Morgan fingerprint density at radius 3 is 3.00 bits per heavy atom. The fourth-order valence-corrected chi connectivity index (χ4v) is 1.23. The fraction of sp³-hybridized carbons (Fsp3) is 0.667. The summed E-state index contributed by atoms with van der Waals surface area (Å²) in [5.74, 6) is 0. The summed E-state index contributed by atoms with van der Waals surface area (Å²) in [7, 11) is 1.96. The molecule has 0 bridgehead atoms. The van der Waals surface area contributed by atoms with Crippen LogP contribution < -0.4 is 5.32 Å². The number of nitrogens with one attached hydrogen (secondary N) is 1. The van der Waals surface area contributed by atoms with E-state index in [0.717, 1.165) is 13.1 Å². The Labute approximate surface area is 74.2 Å². The van der Waals surface area contributed by atoms with Gasteiger partial charge >= 0.3 is 0 Å². The Hall–Kier alpha value is -0.830. The van der Waals surface area contributed by atoms with Crippen molar-refractivity contribution in [3.05, 3.63) is 11.8 Å². The minimum atomic E-state index is 0.343. The van der Waals surface area contributed by atoms with Crippen molar-refractivity contribution >= 4 is 6.34 Å². The first-order valence-electron chi connectivity index (χ1n) is 4.37. The van der Waals surface area contributed by atoms with E-state index in [0.29, 0.717) is 6.04 Å². The highest BCUT2D eigenvalue weighted by molar-refractivity contribution is 5.60. The predicted molar refractivity (Wildman–Crippen MR) is 52.3 cm³/mol. The summed E-state index contributed by atoms with van der Waals surface area (Å²) >= 11 is 0. The second-order valence-electron chi connectivity index (χ2n) is 3.11. The van der Waals surface area contributed by atoms with Crippen LogP contribution >= 0.6 is 0 Å². The molecule has 0 saturated heterocycles. The molecular formula is C9H17N3. The molecule has 0 aromatic rings. The fourth-order valence-electron chi connectivity index (χ4n) is 1.23. The molecule has 0 aromatic carbocycles. The highest BCUT2D eigenvalue weighted by Crippen LogP contribution is 2.08. The topological polar surface area (TPSA) is 27.6 Å². The number of hydrogen-bond donors (Lipinski definition) is 1. The average molecular weight is 167 g/mol. The molecule has 1 atom stereocenters. The van der Waals surface area contributed by atoms with E-state index in [1.807, 2.05) is 13.4 Å². The van der Waals surface area contributed by atoms with Crippen molar-refractivity contribution < 1.29 is 0 Å². The second kappa shape index (κ2) is 4.26. The largest absolute Gasteiger partial charge is 0.336 e. The Balaban J connectivity index is 2.45. The molecule has 0 aromatic heterocycles. The van der Waals surface area contributed by atoms with Gasteiger partial charge in [0.25, 0.3) is 0 Å². The maximum Gasteiger partial charge on any atom is 0.0899 e. The third-order valence-corrected chi connectivity index (χ3v) is 1.98. The molecule has 0 fully saturated rings. The van der Waals surface area contributed by atoms with E-state index < -0.39 is 0 Å². The number of aliphatic imine (C=N–C) groups is 1. The molecule has 1 aliphatic heterocycles. The maximum atomic E-state index is 4.31. The zero-order chi connectivity index (χ0) is 8.97. The SMILES string of the molecule is CNCCN1C=NC(C)C=C1C. The van der Waals surface area contributed by atoms with Crippen molar-refractivity contribution in [3.63, 3.8) is 0 Å². The van der Waals surface area contributed by atoms with E-state index in [4.69, 9.17) is 0 Å². The van der Waals surface area contributed by atoms with E-state index >= 15 is 0 Å². The van der Waals surface area contributed by atoms with Gasteiger partial charge in [0.1, 0.15) is 0 Å². The van der Waals surface area contributed by atoms with Crippen LogP contribution in [-0.2, 0) is 0 Å². The Morgan fingerprint density at radius 2 is 2.42 bits per heavy atom. The van der Waals surface area contributed by atoms with Gasteiger partial charge in [-0.15, -0.1) is 0 Å². The molecule has 3 heteroatoms. The van der Waals surface area contributed by atoms with Gasteiger partial charge in [-0.25, -0.2) is 0 Å². The zero-order valence-electron chi connectivity index (χ0n) is 8.04. The second-order valence-corrected chi connectivity index (χ2v) is 3.11.